The molecule has 3 aliphatic rings. The molecule has 3 amide bonds. The molecule has 1 N–H and O–H groups in total. The normalized spacial score (nSPS) is 21.1. The molecule has 0 radical (unpaired) electrons. The zero-order valence-corrected chi connectivity index (χ0v) is 17.7. The lowest BCUT2D eigenvalue weighted by atomic mass is 9.97. The number of piperidine rings is 1. The fourth-order valence-corrected chi connectivity index (χ4v) is 4.59. The van der Waals surface area contributed by atoms with Crippen molar-refractivity contribution >= 4 is 17.6 Å². The van der Waals surface area contributed by atoms with E-state index in [1.807, 2.05) is 24.0 Å². The SMILES string of the molecule is Cc1cccc(NC(=O)N2CCC(N(C(=O)C3CC3)C3CCOCC3)CC2)c1C. The van der Waals surface area contributed by atoms with Crippen molar-refractivity contribution in [2.75, 3.05) is 31.6 Å². The van der Waals surface area contributed by atoms with E-state index in [1.165, 1.54) is 5.56 Å². The molecule has 6 nitrogen and oxygen atoms in total. The van der Waals surface area contributed by atoms with E-state index >= 15 is 0 Å². The summed E-state index contributed by atoms with van der Waals surface area (Å²) in [6.07, 6.45) is 5.66. The van der Waals surface area contributed by atoms with Crippen molar-refractivity contribution in [3.63, 3.8) is 0 Å². The summed E-state index contributed by atoms with van der Waals surface area (Å²) in [5, 5.41) is 3.07. The Labute approximate surface area is 173 Å². The Hall–Kier alpha value is -2.08. The van der Waals surface area contributed by atoms with Gasteiger partial charge in [0, 0.05) is 50.0 Å². The summed E-state index contributed by atoms with van der Waals surface area (Å²) in [5.41, 5.74) is 3.16. The molecule has 4 rings (SSSR count). The Balaban J connectivity index is 1.37. The van der Waals surface area contributed by atoms with Gasteiger partial charge in [-0.1, -0.05) is 12.1 Å². The van der Waals surface area contributed by atoms with E-state index in [0.717, 1.165) is 63.0 Å². The quantitative estimate of drug-likeness (QED) is 0.839. The van der Waals surface area contributed by atoms with Crippen molar-refractivity contribution in [3.8, 4) is 0 Å². The number of nitrogens with one attached hydrogen (secondary N) is 1. The van der Waals surface area contributed by atoms with Crippen LogP contribution in [0.1, 0.15) is 49.7 Å². The minimum Gasteiger partial charge on any atom is -0.381 e. The average Bonchev–Trinajstić information content (AvgIpc) is 3.58. The predicted octanol–water partition coefficient (Wildman–Crippen LogP) is 3.72. The maximum absolute atomic E-state index is 13.0. The van der Waals surface area contributed by atoms with Crippen molar-refractivity contribution in [1.82, 2.24) is 9.80 Å². The number of amides is 3. The Bertz CT molecular complexity index is 748. The molecule has 2 aliphatic heterocycles. The third-order valence-corrected chi connectivity index (χ3v) is 6.76. The van der Waals surface area contributed by atoms with Crippen LogP contribution in [0.5, 0.6) is 0 Å². The zero-order valence-electron chi connectivity index (χ0n) is 17.7. The smallest absolute Gasteiger partial charge is 0.321 e. The number of carbonyl (C=O) groups excluding carboxylic acids is 2. The van der Waals surface area contributed by atoms with E-state index in [-0.39, 0.29) is 18.0 Å². The molecule has 0 atom stereocenters. The van der Waals surface area contributed by atoms with Crippen LogP contribution in [0.2, 0.25) is 0 Å². The molecule has 0 spiro atoms. The van der Waals surface area contributed by atoms with Gasteiger partial charge in [-0.25, -0.2) is 4.79 Å². The number of nitrogens with zero attached hydrogens (tertiary/aromatic N) is 2. The number of urea groups is 1. The van der Waals surface area contributed by atoms with Gasteiger partial charge in [0.1, 0.15) is 0 Å². The highest BCUT2D eigenvalue weighted by Gasteiger charge is 2.41. The maximum atomic E-state index is 13.0. The average molecular weight is 400 g/mol. The number of hydrogen-bond donors (Lipinski definition) is 1. The summed E-state index contributed by atoms with van der Waals surface area (Å²) in [5.74, 6) is 0.582. The first kappa shape index (κ1) is 20.2. The number of benzene rings is 1. The Kier molecular flexibility index (Phi) is 6.09. The van der Waals surface area contributed by atoms with Gasteiger partial charge in [0.25, 0.3) is 0 Å². The summed E-state index contributed by atoms with van der Waals surface area (Å²) in [6.45, 7) is 6.97. The molecule has 0 bridgehead atoms. The molecule has 2 heterocycles. The fraction of sp³-hybridized carbons (Fsp3) is 0.652. The zero-order chi connectivity index (χ0) is 20.4. The van der Waals surface area contributed by atoms with E-state index in [4.69, 9.17) is 4.74 Å². The third-order valence-electron chi connectivity index (χ3n) is 6.76. The summed E-state index contributed by atoms with van der Waals surface area (Å²) in [7, 11) is 0. The van der Waals surface area contributed by atoms with E-state index in [0.29, 0.717) is 25.0 Å². The minimum atomic E-state index is -0.0386. The number of carbonyl (C=O) groups is 2. The lowest BCUT2D eigenvalue weighted by Crippen LogP contribution is -2.54. The molecular weight excluding hydrogens is 366 g/mol. The Morgan fingerprint density at radius 3 is 2.31 bits per heavy atom. The van der Waals surface area contributed by atoms with Crippen molar-refractivity contribution < 1.29 is 14.3 Å². The summed E-state index contributed by atoms with van der Waals surface area (Å²) in [6, 6.07) is 6.49. The lowest BCUT2D eigenvalue weighted by molar-refractivity contribution is -0.141. The van der Waals surface area contributed by atoms with Crippen molar-refractivity contribution in [2.45, 2.75) is 64.5 Å². The van der Waals surface area contributed by atoms with Gasteiger partial charge in [-0.05, 0) is 69.6 Å². The highest BCUT2D eigenvalue weighted by Crippen LogP contribution is 2.35. The van der Waals surface area contributed by atoms with Gasteiger partial charge in [0.15, 0.2) is 0 Å². The molecule has 3 fully saturated rings. The van der Waals surface area contributed by atoms with Crippen LogP contribution in [0.25, 0.3) is 0 Å². The monoisotopic (exact) mass is 399 g/mol. The highest BCUT2D eigenvalue weighted by molar-refractivity contribution is 5.90. The van der Waals surface area contributed by atoms with E-state index in [2.05, 4.69) is 23.2 Å². The molecule has 1 aliphatic carbocycles. The van der Waals surface area contributed by atoms with Gasteiger partial charge in [0.2, 0.25) is 5.91 Å². The van der Waals surface area contributed by atoms with Crippen LogP contribution >= 0.6 is 0 Å². The second-order valence-corrected chi connectivity index (χ2v) is 8.76. The van der Waals surface area contributed by atoms with Gasteiger partial charge < -0.3 is 19.9 Å². The van der Waals surface area contributed by atoms with Crippen molar-refractivity contribution in [1.29, 1.82) is 0 Å². The molecule has 29 heavy (non-hydrogen) atoms. The second-order valence-electron chi connectivity index (χ2n) is 8.76. The summed E-state index contributed by atoms with van der Waals surface area (Å²) < 4.78 is 5.52. The first-order valence-corrected chi connectivity index (χ1v) is 11.1. The van der Waals surface area contributed by atoms with Gasteiger partial charge in [0.05, 0.1) is 0 Å². The van der Waals surface area contributed by atoms with Gasteiger partial charge >= 0.3 is 6.03 Å². The second kappa shape index (κ2) is 8.74. The number of rotatable bonds is 4. The summed E-state index contributed by atoms with van der Waals surface area (Å²) in [4.78, 5) is 29.9. The molecule has 0 aromatic heterocycles. The molecule has 1 aromatic carbocycles. The Morgan fingerprint density at radius 1 is 1.00 bits per heavy atom. The number of ether oxygens (including phenoxy) is 1. The van der Waals surface area contributed by atoms with E-state index < -0.39 is 0 Å². The number of anilines is 1. The van der Waals surface area contributed by atoms with Crippen LogP contribution in [0.15, 0.2) is 18.2 Å². The highest BCUT2D eigenvalue weighted by atomic mass is 16.5. The lowest BCUT2D eigenvalue weighted by Gasteiger charge is -2.43. The first-order valence-electron chi connectivity index (χ1n) is 11.1. The fourth-order valence-electron chi connectivity index (χ4n) is 4.59. The number of aryl methyl sites for hydroxylation is 1. The molecular formula is C23H33N3O3. The molecule has 0 unspecified atom stereocenters. The number of hydrogen-bond acceptors (Lipinski definition) is 3. The van der Waals surface area contributed by atoms with Crippen LogP contribution in [-0.2, 0) is 9.53 Å². The molecule has 2 saturated heterocycles. The molecule has 158 valence electrons. The largest absolute Gasteiger partial charge is 0.381 e. The first-order chi connectivity index (χ1) is 14.0. The van der Waals surface area contributed by atoms with E-state index in [9.17, 15) is 9.59 Å². The van der Waals surface area contributed by atoms with E-state index in [1.54, 1.807) is 0 Å². The third kappa shape index (κ3) is 4.58. The summed E-state index contributed by atoms with van der Waals surface area (Å²) >= 11 is 0. The van der Waals surface area contributed by atoms with Gasteiger partial charge in [-0.2, -0.15) is 0 Å². The minimum absolute atomic E-state index is 0.0386. The van der Waals surface area contributed by atoms with Crippen LogP contribution in [-0.4, -0.2) is 60.1 Å². The molecule has 1 aromatic rings. The van der Waals surface area contributed by atoms with Crippen LogP contribution in [0.4, 0.5) is 10.5 Å². The van der Waals surface area contributed by atoms with Gasteiger partial charge in [-0.3, -0.25) is 4.79 Å². The predicted molar refractivity (Wildman–Crippen MR) is 113 cm³/mol. The standard InChI is InChI=1S/C23H33N3O3/c1-16-4-3-5-21(17(16)2)24-23(28)25-12-8-19(9-13-25)26(22(27)18-6-7-18)20-10-14-29-15-11-20/h3-5,18-20H,6-15H2,1-2H3,(H,24,28). The van der Waals surface area contributed by atoms with Crippen molar-refractivity contribution in [3.05, 3.63) is 29.3 Å². The number of likely N-dealkylation sites (tertiary alicyclic amines) is 1. The molecule has 6 heteroatoms. The van der Waals surface area contributed by atoms with Gasteiger partial charge in [-0.15, -0.1) is 0 Å². The van der Waals surface area contributed by atoms with Crippen LogP contribution in [0, 0.1) is 19.8 Å². The van der Waals surface area contributed by atoms with Crippen LogP contribution < -0.4 is 5.32 Å². The topological polar surface area (TPSA) is 61.9 Å². The maximum Gasteiger partial charge on any atom is 0.321 e. The Morgan fingerprint density at radius 2 is 1.66 bits per heavy atom. The van der Waals surface area contributed by atoms with Crippen molar-refractivity contribution in [2.24, 2.45) is 5.92 Å². The molecule has 1 saturated carbocycles. The van der Waals surface area contributed by atoms with Crippen LogP contribution in [0.3, 0.4) is 0 Å².